The quantitative estimate of drug-likeness (QED) is 0.527. The van der Waals surface area contributed by atoms with Gasteiger partial charge in [-0.05, 0) is 40.7 Å². The molecule has 6 heteroatoms. The van der Waals surface area contributed by atoms with E-state index in [2.05, 4.69) is 20.9 Å². The molecule has 1 aromatic rings. The predicted molar refractivity (Wildman–Crippen MR) is 98.3 cm³/mol. The van der Waals surface area contributed by atoms with Crippen molar-refractivity contribution in [2.75, 3.05) is 19.7 Å². The molecule has 0 fully saturated rings. The number of carbonyl (C=O) groups is 1. The highest BCUT2D eigenvalue weighted by atomic mass is 16.5. The molecule has 0 aromatic heterocycles. The normalized spacial score (nSPS) is 11.8. The Labute approximate surface area is 145 Å². The van der Waals surface area contributed by atoms with Gasteiger partial charge < -0.3 is 20.7 Å². The van der Waals surface area contributed by atoms with Gasteiger partial charge in [-0.25, -0.2) is 4.99 Å². The number of guanidine groups is 1. The van der Waals surface area contributed by atoms with Gasteiger partial charge in [0.1, 0.15) is 5.75 Å². The van der Waals surface area contributed by atoms with Crippen LogP contribution in [0, 0.1) is 0 Å². The average Bonchev–Trinajstić information content (AvgIpc) is 2.50. The van der Waals surface area contributed by atoms with Crippen LogP contribution in [0.15, 0.2) is 29.3 Å². The molecule has 0 aliphatic carbocycles. The minimum Gasteiger partial charge on any atom is -0.494 e. The highest BCUT2D eigenvalue weighted by Gasteiger charge is 2.13. The minimum atomic E-state index is -0.245. The first-order chi connectivity index (χ1) is 11.4. The fourth-order valence-corrected chi connectivity index (χ4v) is 2.06. The van der Waals surface area contributed by atoms with E-state index in [9.17, 15) is 4.79 Å². The third-order valence-corrected chi connectivity index (χ3v) is 2.95. The highest BCUT2D eigenvalue weighted by molar-refractivity contribution is 5.86. The summed E-state index contributed by atoms with van der Waals surface area (Å²) >= 11 is 0. The smallest absolute Gasteiger partial charge is 0.239 e. The molecule has 0 saturated carbocycles. The third kappa shape index (κ3) is 7.85. The number of rotatable bonds is 7. The van der Waals surface area contributed by atoms with Crippen LogP contribution in [0.5, 0.6) is 5.75 Å². The Hall–Kier alpha value is -2.24. The van der Waals surface area contributed by atoms with Gasteiger partial charge in [0.2, 0.25) is 5.91 Å². The van der Waals surface area contributed by atoms with Crippen LogP contribution < -0.4 is 20.7 Å². The molecule has 1 amide bonds. The van der Waals surface area contributed by atoms with E-state index in [0.29, 0.717) is 19.1 Å². The van der Waals surface area contributed by atoms with Gasteiger partial charge in [0, 0.05) is 17.6 Å². The number of aliphatic imine (C=N–C) groups is 1. The zero-order valence-electron chi connectivity index (χ0n) is 15.4. The zero-order chi connectivity index (χ0) is 18.0. The summed E-state index contributed by atoms with van der Waals surface area (Å²) < 4.78 is 5.61. The van der Waals surface area contributed by atoms with Crippen LogP contribution in [-0.4, -0.2) is 37.1 Å². The van der Waals surface area contributed by atoms with E-state index in [0.717, 1.165) is 17.9 Å². The van der Waals surface area contributed by atoms with Gasteiger partial charge >= 0.3 is 0 Å². The number of nitrogens with one attached hydrogen (secondary N) is 3. The Morgan fingerprint density at radius 3 is 2.50 bits per heavy atom. The van der Waals surface area contributed by atoms with Crippen molar-refractivity contribution in [1.82, 2.24) is 16.0 Å². The minimum absolute atomic E-state index is 0.0668. The van der Waals surface area contributed by atoms with Crippen LogP contribution >= 0.6 is 0 Å². The van der Waals surface area contributed by atoms with E-state index in [4.69, 9.17) is 4.74 Å². The Morgan fingerprint density at radius 1 is 1.17 bits per heavy atom. The number of hydrogen-bond donors (Lipinski definition) is 3. The Kier molecular flexibility index (Phi) is 8.09. The molecule has 0 aliphatic rings. The van der Waals surface area contributed by atoms with Crippen molar-refractivity contribution in [3.05, 3.63) is 29.8 Å². The molecular weight excluding hydrogens is 304 g/mol. The molecule has 3 N–H and O–H groups in total. The Morgan fingerprint density at radius 2 is 1.88 bits per heavy atom. The molecule has 6 nitrogen and oxygen atoms in total. The van der Waals surface area contributed by atoms with Crippen molar-refractivity contribution in [2.45, 2.75) is 46.7 Å². The standard InChI is InChI=1S/C18H30N4O2/c1-6-19-17(21-13-16(23)22-18(3,4)5)20-12-14-10-8-9-11-15(14)24-7-2/h8-11H,6-7,12-13H2,1-5H3,(H,22,23)(H2,19,20,21). The molecular formula is C18H30N4O2. The van der Waals surface area contributed by atoms with Gasteiger partial charge in [0.15, 0.2) is 5.96 Å². The van der Waals surface area contributed by atoms with Crippen LogP contribution in [0.25, 0.3) is 0 Å². The fourth-order valence-electron chi connectivity index (χ4n) is 2.06. The monoisotopic (exact) mass is 334 g/mol. The first-order valence-corrected chi connectivity index (χ1v) is 8.39. The number of ether oxygens (including phenoxy) is 1. The number of amides is 1. The number of nitrogens with zero attached hydrogens (tertiary/aromatic N) is 1. The zero-order valence-corrected chi connectivity index (χ0v) is 15.4. The Balaban J connectivity index is 2.67. The predicted octanol–water partition coefficient (Wildman–Crippen LogP) is 2.06. The highest BCUT2D eigenvalue weighted by Crippen LogP contribution is 2.18. The van der Waals surface area contributed by atoms with Crippen LogP contribution in [0.1, 0.15) is 40.2 Å². The summed E-state index contributed by atoms with van der Waals surface area (Å²) in [4.78, 5) is 16.4. The largest absolute Gasteiger partial charge is 0.494 e. The molecule has 24 heavy (non-hydrogen) atoms. The molecule has 134 valence electrons. The number of carbonyl (C=O) groups excluding carboxylic acids is 1. The van der Waals surface area contributed by atoms with Crippen LogP contribution in [0.3, 0.4) is 0 Å². The molecule has 0 aliphatic heterocycles. The van der Waals surface area contributed by atoms with Crippen molar-refractivity contribution >= 4 is 11.9 Å². The maximum absolute atomic E-state index is 11.9. The van der Waals surface area contributed by atoms with Gasteiger partial charge in [-0.15, -0.1) is 0 Å². The van der Waals surface area contributed by atoms with Gasteiger partial charge in [0.25, 0.3) is 0 Å². The van der Waals surface area contributed by atoms with Crippen molar-refractivity contribution in [3.8, 4) is 5.75 Å². The molecule has 0 atom stereocenters. The molecule has 1 rings (SSSR count). The second kappa shape index (κ2) is 9.80. The topological polar surface area (TPSA) is 74.8 Å². The lowest BCUT2D eigenvalue weighted by molar-refractivity contribution is -0.121. The SMILES string of the molecule is CCNC(=NCc1ccccc1OCC)NCC(=O)NC(C)(C)C. The molecule has 0 saturated heterocycles. The lowest BCUT2D eigenvalue weighted by atomic mass is 10.1. The number of hydrogen-bond acceptors (Lipinski definition) is 3. The molecule has 0 unspecified atom stereocenters. The summed E-state index contributed by atoms with van der Waals surface area (Å²) in [6.07, 6.45) is 0. The first kappa shape index (κ1) is 19.8. The van der Waals surface area contributed by atoms with E-state index >= 15 is 0 Å². The van der Waals surface area contributed by atoms with Crippen molar-refractivity contribution in [3.63, 3.8) is 0 Å². The second-order valence-electron chi connectivity index (χ2n) is 6.39. The summed E-state index contributed by atoms with van der Waals surface area (Å²) in [5, 5.41) is 9.10. The number of para-hydroxylation sites is 1. The maximum Gasteiger partial charge on any atom is 0.239 e. The van der Waals surface area contributed by atoms with Gasteiger partial charge in [0.05, 0.1) is 19.7 Å². The first-order valence-electron chi connectivity index (χ1n) is 8.39. The van der Waals surface area contributed by atoms with Crippen LogP contribution in [0.2, 0.25) is 0 Å². The van der Waals surface area contributed by atoms with Crippen molar-refractivity contribution in [1.29, 1.82) is 0 Å². The van der Waals surface area contributed by atoms with Gasteiger partial charge in [-0.1, -0.05) is 18.2 Å². The Bertz CT molecular complexity index is 550. The molecule has 0 heterocycles. The van der Waals surface area contributed by atoms with E-state index in [1.165, 1.54) is 0 Å². The maximum atomic E-state index is 11.9. The van der Waals surface area contributed by atoms with Crippen LogP contribution in [0.4, 0.5) is 0 Å². The molecule has 0 spiro atoms. The molecule has 0 radical (unpaired) electrons. The van der Waals surface area contributed by atoms with Crippen molar-refractivity contribution < 1.29 is 9.53 Å². The summed E-state index contributed by atoms with van der Waals surface area (Å²) in [6, 6.07) is 7.83. The molecule has 0 bridgehead atoms. The molecule has 1 aromatic carbocycles. The third-order valence-electron chi connectivity index (χ3n) is 2.95. The van der Waals surface area contributed by atoms with Crippen LogP contribution in [-0.2, 0) is 11.3 Å². The van der Waals surface area contributed by atoms with E-state index < -0.39 is 0 Å². The summed E-state index contributed by atoms with van der Waals surface area (Å²) in [6.45, 7) is 11.8. The number of benzene rings is 1. The summed E-state index contributed by atoms with van der Waals surface area (Å²) in [7, 11) is 0. The van der Waals surface area contributed by atoms with E-state index in [1.807, 2.05) is 58.9 Å². The average molecular weight is 334 g/mol. The lowest BCUT2D eigenvalue weighted by Crippen LogP contribution is -2.48. The van der Waals surface area contributed by atoms with Gasteiger partial charge in [-0.2, -0.15) is 0 Å². The summed E-state index contributed by atoms with van der Waals surface area (Å²) in [5.74, 6) is 1.38. The fraction of sp³-hybridized carbons (Fsp3) is 0.556. The van der Waals surface area contributed by atoms with Gasteiger partial charge in [-0.3, -0.25) is 4.79 Å². The summed E-state index contributed by atoms with van der Waals surface area (Å²) in [5.41, 5.74) is 0.765. The lowest BCUT2D eigenvalue weighted by Gasteiger charge is -2.21. The van der Waals surface area contributed by atoms with Crippen molar-refractivity contribution in [2.24, 2.45) is 4.99 Å². The van der Waals surface area contributed by atoms with E-state index in [1.54, 1.807) is 0 Å². The van der Waals surface area contributed by atoms with E-state index in [-0.39, 0.29) is 18.0 Å². The second-order valence-corrected chi connectivity index (χ2v) is 6.39.